The summed E-state index contributed by atoms with van der Waals surface area (Å²) in [6, 6.07) is 6.62. The van der Waals surface area contributed by atoms with Crippen LogP contribution >= 0.6 is 0 Å². The predicted molar refractivity (Wildman–Crippen MR) is 99.3 cm³/mol. The summed E-state index contributed by atoms with van der Waals surface area (Å²) in [7, 11) is 0. The lowest BCUT2D eigenvalue weighted by Crippen LogP contribution is -2.57. The number of rotatable bonds is 3. The van der Waals surface area contributed by atoms with Crippen LogP contribution in [0.5, 0.6) is 0 Å². The topological polar surface area (TPSA) is 70.2 Å². The van der Waals surface area contributed by atoms with Crippen LogP contribution in [0.25, 0.3) is 10.9 Å². The largest absolute Gasteiger partial charge is 0.381 e. The van der Waals surface area contributed by atoms with Crippen molar-refractivity contribution in [3.8, 4) is 0 Å². The normalized spacial score (nSPS) is 29.2. The van der Waals surface area contributed by atoms with E-state index in [0.717, 1.165) is 43.5 Å². The Balaban J connectivity index is 1.38. The molecule has 0 saturated carbocycles. The highest BCUT2D eigenvalue weighted by Crippen LogP contribution is 2.31. The van der Waals surface area contributed by atoms with Crippen LogP contribution in [0.3, 0.4) is 0 Å². The molecule has 6 rings (SSSR count). The summed E-state index contributed by atoms with van der Waals surface area (Å²) in [5.74, 6) is 1.09. The minimum absolute atomic E-state index is 0.0425. The summed E-state index contributed by atoms with van der Waals surface area (Å²) >= 11 is 0. The van der Waals surface area contributed by atoms with Crippen LogP contribution in [0.2, 0.25) is 0 Å². The molecule has 1 aromatic heterocycles. The van der Waals surface area contributed by atoms with E-state index in [2.05, 4.69) is 38.6 Å². The molecule has 0 unspecified atom stereocenters. The molecule has 6 nitrogen and oxygen atoms in total. The lowest BCUT2D eigenvalue weighted by molar-refractivity contribution is 0.0618. The lowest BCUT2D eigenvalue weighted by Gasteiger charge is -2.44. The van der Waals surface area contributed by atoms with Gasteiger partial charge in [0.05, 0.1) is 5.52 Å². The van der Waals surface area contributed by atoms with E-state index in [1.165, 1.54) is 31.5 Å². The maximum absolute atomic E-state index is 12.9. The van der Waals surface area contributed by atoms with Crippen molar-refractivity contribution in [1.82, 2.24) is 20.4 Å². The SMILES string of the molecule is O=C(N[C@@H]1CN2CCC1CC2)c1n[nH]c2ccc(C3CCOCC3)cc12. The summed E-state index contributed by atoms with van der Waals surface area (Å²) in [5.41, 5.74) is 2.75. The first-order chi connectivity index (χ1) is 12.8. The maximum Gasteiger partial charge on any atom is 0.272 e. The number of fused-ring (bicyclic) bond motifs is 4. The maximum atomic E-state index is 12.9. The zero-order valence-corrected chi connectivity index (χ0v) is 15.0. The van der Waals surface area contributed by atoms with E-state index in [-0.39, 0.29) is 11.9 Å². The monoisotopic (exact) mass is 354 g/mol. The summed E-state index contributed by atoms with van der Waals surface area (Å²) in [4.78, 5) is 15.4. The molecule has 4 saturated heterocycles. The number of benzene rings is 1. The summed E-state index contributed by atoms with van der Waals surface area (Å²) < 4.78 is 5.48. The Morgan fingerprint density at radius 1 is 1.19 bits per heavy atom. The van der Waals surface area contributed by atoms with Gasteiger partial charge in [-0.3, -0.25) is 9.89 Å². The van der Waals surface area contributed by atoms with Crippen LogP contribution in [-0.4, -0.2) is 59.9 Å². The average molecular weight is 354 g/mol. The fraction of sp³-hybridized carbons (Fsp3) is 0.600. The highest BCUT2D eigenvalue weighted by atomic mass is 16.5. The first-order valence-electron chi connectivity index (χ1n) is 9.87. The Labute approximate surface area is 153 Å². The molecule has 5 heterocycles. The molecule has 0 aliphatic carbocycles. The molecule has 26 heavy (non-hydrogen) atoms. The number of aromatic nitrogens is 2. The van der Waals surface area contributed by atoms with Crippen LogP contribution in [-0.2, 0) is 4.74 Å². The van der Waals surface area contributed by atoms with E-state index in [0.29, 0.717) is 17.5 Å². The Morgan fingerprint density at radius 3 is 2.73 bits per heavy atom. The van der Waals surface area contributed by atoms with Gasteiger partial charge in [-0.1, -0.05) is 6.07 Å². The number of hydrogen-bond donors (Lipinski definition) is 2. The zero-order valence-electron chi connectivity index (χ0n) is 15.0. The van der Waals surface area contributed by atoms with E-state index >= 15 is 0 Å². The number of amides is 1. The summed E-state index contributed by atoms with van der Waals surface area (Å²) in [5, 5.41) is 11.6. The van der Waals surface area contributed by atoms with Gasteiger partial charge in [0.25, 0.3) is 5.91 Å². The number of aromatic amines is 1. The third-order valence-corrected chi connectivity index (χ3v) is 6.47. The predicted octanol–water partition coefficient (Wildman–Crippen LogP) is 2.28. The van der Waals surface area contributed by atoms with Gasteiger partial charge in [0, 0.05) is 31.2 Å². The Hall–Kier alpha value is -1.92. The smallest absolute Gasteiger partial charge is 0.272 e. The van der Waals surface area contributed by atoms with E-state index < -0.39 is 0 Å². The third kappa shape index (κ3) is 2.91. The number of piperidine rings is 3. The van der Waals surface area contributed by atoms with Gasteiger partial charge in [-0.15, -0.1) is 0 Å². The van der Waals surface area contributed by atoms with Crippen molar-refractivity contribution >= 4 is 16.8 Å². The standard InChI is InChI=1S/C20H26N4O2/c25-20(21-18-12-24-7-3-14(18)4-8-24)19-16-11-15(1-2-17(16)22-23-19)13-5-9-26-10-6-13/h1-2,11,13-14,18H,3-10,12H2,(H,21,25)(H,22,23)/t18-/m1/s1. The summed E-state index contributed by atoms with van der Waals surface area (Å²) in [6.45, 7) is 4.97. The van der Waals surface area contributed by atoms with Gasteiger partial charge < -0.3 is 15.0 Å². The number of carbonyl (C=O) groups is 1. The molecular weight excluding hydrogens is 328 g/mol. The van der Waals surface area contributed by atoms with Gasteiger partial charge in [0.2, 0.25) is 0 Å². The van der Waals surface area contributed by atoms with Crippen molar-refractivity contribution in [2.75, 3.05) is 32.8 Å². The second-order valence-electron chi connectivity index (χ2n) is 7.98. The molecular formula is C20H26N4O2. The molecule has 0 radical (unpaired) electrons. The first-order valence-corrected chi connectivity index (χ1v) is 9.87. The molecule has 4 aliphatic heterocycles. The van der Waals surface area contributed by atoms with Crippen LogP contribution in [0.1, 0.15) is 47.7 Å². The van der Waals surface area contributed by atoms with Crippen molar-refractivity contribution in [1.29, 1.82) is 0 Å². The molecule has 4 aliphatic rings. The first kappa shape index (κ1) is 16.3. The number of nitrogens with one attached hydrogen (secondary N) is 2. The second-order valence-corrected chi connectivity index (χ2v) is 7.98. The van der Waals surface area contributed by atoms with Crippen molar-refractivity contribution in [2.45, 2.75) is 37.6 Å². The highest BCUT2D eigenvalue weighted by molar-refractivity contribution is 6.05. The van der Waals surface area contributed by atoms with Gasteiger partial charge in [-0.2, -0.15) is 5.10 Å². The van der Waals surface area contributed by atoms with Crippen LogP contribution in [0.15, 0.2) is 18.2 Å². The highest BCUT2D eigenvalue weighted by Gasteiger charge is 2.35. The molecule has 2 N–H and O–H groups in total. The summed E-state index contributed by atoms with van der Waals surface area (Å²) in [6.07, 6.45) is 4.48. The van der Waals surface area contributed by atoms with Gasteiger partial charge >= 0.3 is 0 Å². The second kappa shape index (κ2) is 6.67. The van der Waals surface area contributed by atoms with Crippen molar-refractivity contribution in [3.05, 3.63) is 29.5 Å². The van der Waals surface area contributed by atoms with E-state index in [1.807, 2.05) is 0 Å². The van der Waals surface area contributed by atoms with Gasteiger partial charge in [-0.05, 0) is 68.3 Å². The molecule has 2 aromatic rings. The quantitative estimate of drug-likeness (QED) is 0.887. The fourth-order valence-corrected chi connectivity index (χ4v) is 4.85. The molecule has 138 valence electrons. The molecule has 0 spiro atoms. The number of carbonyl (C=O) groups excluding carboxylic acids is 1. The molecule has 6 heteroatoms. The molecule has 2 bridgehead atoms. The lowest BCUT2D eigenvalue weighted by atomic mass is 9.84. The van der Waals surface area contributed by atoms with Crippen LogP contribution < -0.4 is 5.32 Å². The Bertz CT molecular complexity index is 803. The zero-order chi connectivity index (χ0) is 17.5. The Morgan fingerprint density at radius 2 is 2.00 bits per heavy atom. The van der Waals surface area contributed by atoms with Gasteiger partial charge in [0.15, 0.2) is 5.69 Å². The van der Waals surface area contributed by atoms with Crippen molar-refractivity contribution in [2.24, 2.45) is 5.92 Å². The average Bonchev–Trinajstić information content (AvgIpc) is 3.13. The molecule has 1 amide bonds. The number of H-pyrrole nitrogens is 1. The fourth-order valence-electron chi connectivity index (χ4n) is 4.85. The minimum atomic E-state index is -0.0425. The third-order valence-electron chi connectivity index (χ3n) is 6.47. The van der Waals surface area contributed by atoms with E-state index in [1.54, 1.807) is 0 Å². The van der Waals surface area contributed by atoms with Crippen molar-refractivity contribution < 1.29 is 9.53 Å². The van der Waals surface area contributed by atoms with Gasteiger partial charge in [-0.25, -0.2) is 0 Å². The molecule has 1 aromatic carbocycles. The number of ether oxygens (including phenoxy) is 1. The van der Waals surface area contributed by atoms with Crippen LogP contribution in [0, 0.1) is 5.92 Å². The van der Waals surface area contributed by atoms with E-state index in [4.69, 9.17) is 4.74 Å². The minimum Gasteiger partial charge on any atom is -0.381 e. The number of hydrogen-bond acceptors (Lipinski definition) is 4. The van der Waals surface area contributed by atoms with E-state index in [9.17, 15) is 4.79 Å². The van der Waals surface area contributed by atoms with Crippen LogP contribution in [0.4, 0.5) is 0 Å². The Kier molecular flexibility index (Phi) is 4.17. The van der Waals surface area contributed by atoms with Crippen molar-refractivity contribution in [3.63, 3.8) is 0 Å². The molecule has 4 fully saturated rings. The number of nitrogens with zero attached hydrogens (tertiary/aromatic N) is 2. The van der Waals surface area contributed by atoms with Gasteiger partial charge in [0.1, 0.15) is 0 Å². The molecule has 1 atom stereocenters.